The number of nitrogens with one attached hydrogen (secondary N) is 1. The fourth-order valence-corrected chi connectivity index (χ4v) is 3.87. The maximum atomic E-state index is 12.5. The number of nitrogens with zero attached hydrogens (tertiary/aromatic N) is 1. The standard InChI is InChI=1S/C25H22N2O7S/c1-30-19-7-4-3-6-18(19)27-23(28)14-33-20-10-9-16(12-22(20)31-2)25(29)34-13-17-15-35-24(26-17)21-8-5-11-32-21/h3-12,15H,13-14H2,1-2H3,(H,27,28). The molecule has 0 fully saturated rings. The van der Waals surface area contributed by atoms with Crippen LogP contribution in [0.5, 0.6) is 17.2 Å². The molecule has 0 unspecified atom stereocenters. The highest BCUT2D eigenvalue weighted by atomic mass is 32.1. The predicted octanol–water partition coefficient (Wildman–Crippen LogP) is 4.79. The number of anilines is 1. The zero-order valence-corrected chi connectivity index (χ0v) is 19.8. The molecule has 10 heteroatoms. The minimum atomic E-state index is -0.545. The van der Waals surface area contributed by atoms with Gasteiger partial charge in [-0.2, -0.15) is 0 Å². The largest absolute Gasteiger partial charge is 0.495 e. The van der Waals surface area contributed by atoms with Crippen molar-refractivity contribution >= 4 is 28.9 Å². The summed E-state index contributed by atoms with van der Waals surface area (Å²) in [7, 11) is 2.96. The van der Waals surface area contributed by atoms with E-state index < -0.39 is 5.97 Å². The van der Waals surface area contributed by atoms with Crippen LogP contribution in [0.25, 0.3) is 10.8 Å². The highest BCUT2D eigenvalue weighted by Gasteiger charge is 2.15. The van der Waals surface area contributed by atoms with E-state index in [2.05, 4.69) is 10.3 Å². The number of thiazole rings is 1. The Morgan fingerprint density at radius 1 is 1.00 bits per heavy atom. The van der Waals surface area contributed by atoms with Crippen molar-refractivity contribution in [3.63, 3.8) is 0 Å². The monoisotopic (exact) mass is 494 g/mol. The highest BCUT2D eigenvalue weighted by molar-refractivity contribution is 7.13. The molecule has 0 atom stereocenters. The summed E-state index contributed by atoms with van der Waals surface area (Å²) in [6.45, 7) is -0.250. The van der Waals surface area contributed by atoms with Crippen LogP contribution in [0.15, 0.2) is 70.7 Å². The fourth-order valence-electron chi connectivity index (χ4n) is 3.10. The number of esters is 1. The molecule has 0 aliphatic rings. The molecule has 0 aliphatic heterocycles. The molecule has 2 aromatic heterocycles. The Bertz CT molecular complexity index is 1300. The van der Waals surface area contributed by atoms with E-state index in [4.69, 9.17) is 23.4 Å². The Labute approximate surface area is 205 Å². The van der Waals surface area contributed by atoms with Gasteiger partial charge in [0.25, 0.3) is 5.91 Å². The molecular weight excluding hydrogens is 472 g/mol. The van der Waals surface area contributed by atoms with Gasteiger partial charge in [-0.05, 0) is 42.5 Å². The second-order valence-electron chi connectivity index (χ2n) is 7.10. The molecule has 2 aromatic carbocycles. The van der Waals surface area contributed by atoms with Crippen LogP contribution in [0.3, 0.4) is 0 Å². The normalized spacial score (nSPS) is 10.5. The molecule has 180 valence electrons. The van der Waals surface area contributed by atoms with Crippen molar-refractivity contribution in [3.05, 3.63) is 77.5 Å². The second kappa shape index (κ2) is 11.2. The second-order valence-corrected chi connectivity index (χ2v) is 7.96. The number of para-hydroxylation sites is 2. The third-order valence-electron chi connectivity index (χ3n) is 4.77. The summed E-state index contributed by atoms with van der Waals surface area (Å²) >= 11 is 1.40. The summed E-state index contributed by atoms with van der Waals surface area (Å²) in [5, 5.41) is 5.24. The van der Waals surface area contributed by atoms with Crippen LogP contribution >= 0.6 is 11.3 Å². The first-order valence-electron chi connectivity index (χ1n) is 10.5. The van der Waals surface area contributed by atoms with Gasteiger partial charge in [-0.15, -0.1) is 11.3 Å². The number of carbonyl (C=O) groups is 2. The van der Waals surface area contributed by atoms with Crippen molar-refractivity contribution in [1.82, 2.24) is 4.98 Å². The van der Waals surface area contributed by atoms with Crippen LogP contribution in [0.4, 0.5) is 5.69 Å². The van der Waals surface area contributed by atoms with Crippen LogP contribution in [0, 0.1) is 0 Å². The molecule has 0 spiro atoms. The average molecular weight is 495 g/mol. The number of carbonyl (C=O) groups excluding carboxylic acids is 2. The smallest absolute Gasteiger partial charge is 0.338 e. The minimum absolute atomic E-state index is 0.0136. The molecule has 4 aromatic rings. The molecule has 0 radical (unpaired) electrons. The van der Waals surface area contributed by atoms with E-state index in [0.29, 0.717) is 39.4 Å². The summed E-state index contributed by atoms with van der Waals surface area (Å²) in [5.74, 6) is 0.870. The zero-order valence-electron chi connectivity index (χ0n) is 19.0. The van der Waals surface area contributed by atoms with Gasteiger partial charge in [0.1, 0.15) is 12.4 Å². The molecule has 1 N–H and O–H groups in total. The predicted molar refractivity (Wildman–Crippen MR) is 129 cm³/mol. The maximum Gasteiger partial charge on any atom is 0.338 e. The molecule has 0 saturated carbocycles. The first-order valence-corrected chi connectivity index (χ1v) is 11.3. The van der Waals surface area contributed by atoms with Crippen molar-refractivity contribution < 1.29 is 33.0 Å². The third-order valence-corrected chi connectivity index (χ3v) is 5.68. The van der Waals surface area contributed by atoms with Crippen molar-refractivity contribution in [1.29, 1.82) is 0 Å². The Kier molecular flexibility index (Phi) is 7.63. The molecule has 9 nitrogen and oxygen atoms in total. The van der Waals surface area contributed by atoms with Gasteiger partial charge in [0.2, 0.25) is 0 Å². The van der Waals surface area contributed by atoms with Crippen molar-refractivity contribution in [3.8, 4) is 28.0 Å². The average Bonchev–Trinajstić information content (AvgIpc) is 3.58. The molecule has 0 aliphatic carbocycles. The highest BCUT2D eigenvalue weighted by Crippen LogP contribution is 2.29. The van der Waals surface area contributed by atoms with Gasteiger partial charge in [-0.3, -0.25) is 4.79 Å². The maximum absolute atomic E-state index is 12.5. The Hall–Kier alpha value is -4.31. The summed E-state index contributed by atoms with van der Waals surface area (Å²) in [6, 6.07) is 15.2. The number of ether oxygens (including phenoxy) is 4. The molecule has 4 rings (SSSR count). The van der Waals surface area contributed by atoms with Gasteiger partial charge in [0.05, 0.1) is 37.4 Å². The van der Waals surface area contributed by atoms with E-state index in [1.807, 2.05) is 6.07 Å². The number of aromatic nitrogens is 1. The summed E-state index contributed by atoms with van der Waals surface area (Å²) in [6.07, 6.45) is 1.57. The van der Waals surface area contributed by atoms with Crippen LogP contribution in [-0.2, 0) is 16.1 Å². The Balaban J connectivity index is 1.33. The van der Waals surface area contributed by atoms with E-state index in [1.165, 1.54) is 37.7 Å². The van der Waals surface area contributed by atoms with Gasteiger partial charge in [-0.1, -0.05) is 12.1 Å². The number of amides is 1. The lowest BCUT2D eigenvalue weighted by Gasteiger charge is -2.13. The van der Waals surface area contributed by atoms with Gasteiger partial charge in [0.15, 0.2) is 28.9 Å². The number of methoxy groups -OCH3 is 2. The van der Waals surface area contributed by atoms with Gasteiger partial charge in [-0.25, -0.2) is 9.78 Å². The lowest BCUT2D eigenvalue weighted by Crippen LogP contribution is -2.20. The van der Waals surface area contributed by atoms with Crippen molar-refractivity contribution in [2.45, 2.75) is 6.61 Å². The number of hydrogen-bond acceptors (Lipinski definition) is 9. The molecular formula is C25H22N2O7S. The minimum Gasteiger partial charge on any atom is -0.495 e. The summed E-state index contributed by atoms with van der Waals surface area (Å²) in [4.78, 5) is 29.2. The first-order chi connectivity index (χ1) is 17.1. The van der Waals surface area contributed by atoms with Crippen molar-refractivity contribution in [2.75, 3.05) is 26.1 Å². The Morgan fingerprint density at radius 2 is 1.83 bits per heavy atom. The number of rotatable bonds is 10. The third kappa shape index (κ3) is 5.98. The number of furan rings is 1. The van der Waals surface area contributed by atoms with E-state index in [9.17, 15) is 9.59 Å². The van der Waals surface area contributed by atoms with E-state index in [0.717, 1.165) is 0 Å². The SMILES string of the molecule is COc1ccccc1NC(=O)COc1ccc(C(=O)OCc2csc(-c3ccco3)n2)cc1OC. The fraction of sp³-hybridized carbons (Fsp3) is 0.160. The van der Waals surface area contributed by atoms with Crippen LogP contribution < -0.4 is 19.5 Å². The lowest BCUT2D eigenvalue weighted by atomic mass is 10.2. The summed E-state index contributed by atoms with van der Waals surface area (Å²) in [5.41, 5.74) is 1.42. The van der Waals surface area contributed by atoms with E-state index in [1.54, 1.807) is 48.0 Å². The molecule has 35 heavy (non-hydrogen) atoms. The van der Waals surface area contributed by atoms with Crippen LogP contribution in [0.2, 0.25) is 0 Å². The summed E-state index contributed by atoms with van der Waals surface area (Å²) < 4.78 is 26.8. The van der Waals surface area contributed by atoms with Crippen LogP contribution in [-0.4, -0.2) is 37.7 Å². The quantitative estimate of drug-likeness (QED) is 0.313. The zero-order chi connectivity index (χ0) is 24.6. The topological polar surface area (TPSA) is 109 Å². The van der Waals surface area contributed by atoms with E-state index in [-0.39, 0.29) is 24.7 Å². The van der Waals surface area contributed by atoms with Gasteiger partial charge in [0, 0.05) is 5.38 Å². The van der Waals surface area contributed by atoms with Crippen LogP contribution in [0.1, 0.15) is 16.1 Å². The number of benzene rings is 2. The van der Waals surface area contributed by atoms with E-state index >= 15 is 0 Å². The molecule has 2 heterocycles. The molecule has 1 amide bonds. The Morgan fingerprint density at radius 3 is 2.60 bits per heavy atom. The van der Waals surface area contributed by atoms with Gasteiger partial charge >= 0.3 is 5.97 Å². The first kappa shape index (κ1) is 23.8. The van der Waals surface area contributed by atoms with Crippen molar-refractivity contribution in [2.24, 2.45) is 0 Å². The molecule has 0 bridgehead atoms. The molecule has 0 saturated heterocycles. The number of hydrogen-bond donors (Lipinski definition) is 1. The van der Waals surface area contributed by atoms with Gasteiger partial charge < -0.3 is 28.7 Å². The lowest BCUT2D eigenvalue weighted by molar-refractivity contribution is -0.118.